The molecule has 21 heavy (non-hydrogen) atoms. The number of rotatable bonds is 5. The fourth-order valence-corrected chi connectivity index (χ4v) is 3.41. The molecule has 1 saturated carbocycles. The van der Waals surface area contributed by atoms with E-state index in [9.17, 15) is 15.2 Å². The molecule has 0 amide bonds. The Morgan fingerprint density at radius 3 is 2.67 bits per heavy atom. The Hall–Kier alpha value is -1.46. The van der Waals surface area contributed by atoms with Crippen LogP contribution in [0.15, 0.2) is 24.3 Å². The molecule has 116 valence electrons. The van der Waals surface area contributed by atoms with Crippen LogP contribution in [0.25, 0.3) is 0 Å². The summed E-state index contributed by atoms with van der Waals surface area (Å²) in [6, 6.07) is 6.69. The van der Waals surface area contributed by atoms with Crippen molar-refractivity contribution in [2.45, 2.75) is 51.1 Å². The molecule has 1 aliphatic rings. The first-order valence-corrected chi connectivity index (χ1v) is 7.59. The van der Waals surface area contributed by atoms with Crippen LogP contribution in [0.3, 0.4) is 0 Å². The zero-order valence-corrected chi connectivity index (χ0v) is 12.7. The third-order valence-electron chi connectivity index (χ3n) is 4.52. The number of non-ortho nitro benzene ring substituents is 1. The van der Waals surface area contributed by atoms with Gasteiger partial charge in [-0.2, -0.15) is 0 Å². The first kappa shape index (κ1) is 15.9. The Morgan fingerprint density at radius 2 is 2.14 bits per heavy atom. The van der Waals surface area contributed by atoms with E-state index in [1.807, 2.05) is 6.92 Å². The Labute approximate surface area is 125 Å². The molecule has 2 rings (SSSR count). The summed E-state index contributed by atoms with van der Waals surface area (Å²) in [6.07, 6.45) is 4.29. The summed E-state index contributed by atoms with van der Waals surface area (Å²) in [5.41, 5.74) is 0.888. The number of hydrogen-bond donors (Lipinski definition) is 2. The van der Waals surface area contributed by atoms with Crippen molar-refractivity contribution in [3.05, 3.63) is 39.9 Å². The van der Waals surface area contributed by atoms with E-state index in [0.717, 1.165) is 24.8 Å². The summed E-state index contributed by atoms with van der Waals surface area (Å²) in [4.78, 5) is 10.3. The van der Waals surface area contributed by atoms with Crippen LogP contribution in [-0.2, 0) is 0 Å². The fourth-order valence-electron chi connectivity index (χ4n) is 3.41. The van der Waals surface area contributed by atoms with E-state index < -0.39 is 0 Å². The lowest BCUT2D eigenvalue weighted by atomic mass is 9.76. The van der Waals surface area contributed by atoms with E-state index >= 15 is 0 Å². The van der Waals surface area contributed by atoms with Gasteiger partial charge < -0.3 is 10.4 Å². The summed E-state index contributed by atoms with van der Waals surface area (Å²) in [6.45, 7) is 4.40. The van der Waals surface area contributed by atoms with Gasteiger partial charge in [-0.15, -0.1) is 0 Å². The lowest BCUT2D eigenvalue weighted by Gasteiger charge is -2.41. The van der Waals surface area contributed by atoms with Crippen molar-refractivity contribution < 1.29 is 10.0 Å². The van der Waals surface area contributed by atoms with Gasteiger partial charge in [0.2, 0.25) is 0 Å². The van der Waals surface area contributed by atoms with E-state index in [-0.39, 0.29) is 28.8 Å². The van der Waals surface area contributed by atoms with Gasteiger partial charge in [-0.1, -0.05) is 31.9 Å². The predicted octanol–water partition coefficient (Wildman–Crippen LogP) is 3.19. The maximum absolute atomic E-state index is 10.7. The van der Waals surface area contributed by atoms with Gasteiger partial charge in [0.25, 0.3) is 5.69 Å². The molecule has 1 aromatic carbocycles. The average molecular weight is 292 g/mol. The van der Waals surface area contributed by atoms with Crippen molar-refractivity contribution in [3.8, 4) is 0 Å². The molecule has 0 aliphatic heterocycles. The number of aliphatic hydroxyl groups is 1. The highest BCUT2D eigenvalue weighted by molar-refractivity contribution is 5.34. The van der Waals surface area contributed by atoms with Gasteiger partial charge >= 0.3 is 0 Å². The standard InChI is InChI=1S/C16H24N2O3/c1-12-4-3-9-16(10-12,11-19)17-13(2)14-5-7-15(8-6-14)18(20)21/h5-8,12-13,17,19H,3-4,9-11H2,1-2H3. The van der Waals surface area contributed by atoms with Crippen molar-refractivity contribution in [1.82, 2.24) is 5.32 Å². The molecule has 1 aromatic rings. The second kappa shape index (κ2) is 6.54. The Kier molecular flexibility index (Phi) is 4.96. The summed E-state index contributed by atoms with van der Waals surface area (Å²) in [7, 11) is 0. The molecule has 0 aromatic heterocycles. The zero-order chi connectivity index (χ0) is 15.5. The fraction of sp³-hybridized carbons (Fsp3) is 0.625. The second-order valence-corrected chi connectivity index (χ2v) is 6.35. The van der Waals surface area contributed by atoms with Gasteiger partial charge in [-0.05, 0) is 31.2 Å². The molecule has 0 bridgehead atoms. The molecular formula is C16H24N2O3. The Morgan fingerprint density at radius 1 is 1.48 bits per heavy atom. The smallest absolute Gasteiger partial charge is 0.269 e. The number of aliphatic hydroxyl groups excluding tert-OH is 1. The summed E-state index contributed by atoms with van der Waals surface area (Å²) < 4.78 is 0. The predicted molar refractivity (Wildman–Crippen MR) is 82.1 cm³/mol. The number of nitro benzene ring substituents is 1. The molecule has 5 nitrogen and oxygen atoms in total. The normalized spacial score (nSPS) is 27.3. The first-order chi connectivity index (χ1) is 9.96. The van der Waals surface area contributed by atoms with Crippen molar-refractivity contribution >= 4 is 5.69 Å². The molecule has 3 unspecified atom stereocenters. The highest BCUT2D eigenvalue weighted by atomic mass is 16.6. The van der Waals surface area contributed by atoms with Crippen LogP contribution in [0.2, 0.25) is 0 Å². The molecular weight excluding hydrogens is 268 g/mol. The number of benzene rings is 1. The van der Waals surface area contributed by atoms with Crippen LogP contribution in [0.1, 0.15) is 51.1 Å². The monoisotopic (exact) mass is 292 g/mol. The van der Waals surface area contributed by atoms with E-state index in [1.54, 1.807) is 12.1 Å². The van der Waals surface area contributed by atoms with Gasteiger partial charge in [-0.3, -0.25) is 10.1 Å². The Balaban J connectivity index is 2.08. The maximum Gasteiger partial charge on any atom is 0.269 e. The third kappa shape index (κ3) is 3.80. The van der Waals surface area contributed by atoms with Crippen molar-refractivity contribution in [3.63, 3.8) is 0 Å². The SMILES string of the molecule is CC1CCCC(CO)(NC(C)c2ccc([N+](=O)[O-])cc2)C1. The molecule has 0 radical (unpaired) electrons. The molecule has 0 heterocycles. The van der Waals surface area contributed by atoms with Gasteiger partial charge in [-0.25, -0.2) is 0 Å². The number of nitrogens with zero attached hydrogens (tertiary/aromatic N) is 1. The van der Waals surface area contributed by atoms with Gasteiger partial charge in [0.15, 0.2) is 0 Å². The average Bonchev–Trinajstić information content (AvgIpc) is 2.47. The largest absolute Gasteiger partial charge is 0.394 e. The first-order valence-electron chi connectivity index (χ1n) is 7.59. The van der Waals surface area contributed by atoms with Crippen LogP contribution in [0.4, 0.5) is 5.69 Å². The van der Waals surface area contributed by atoms with E-state index in [1.165, 1.54) is 18.6 Å². The highest BCUT2D eigenvalue weighted by Crippen LogP contribution is 2.34. The van der Waals surface area contributed by atoms with Crippen molar-refractivity contribution in [2.24, 2.45) is 5.92 Å². The quantitative estimate of drug-likeness (QED) is 0.645. The topological polar surface area (TPSA) is 75.4 Å². The summed E-state index contributed by atoms with van der Waals surface area (Å²) in [5, 5.41) is 24.1. The van der Waals surface area contributed by atoms with Gasteiger partial charge in [0, 0.05) is 23.7 Å². The molecule has 0 spiro atoms. The highest BCUT2D eigenvalue weighted by Gasteiger charge is 2.35. The lowest BCUT2D eigenvalue weighted by molar-refractivity contribution is -0.384. The summed E-state index contributed by atoms with van der Waals surface area (Å²) in [5.74, 6) is 0.613. The molecule has 1 fully saturated rings. The van der Waals surface area contributed by atoms with Crippen molar-refractivity contribution in [2.75, 3.05) is 6.61 Å². The minimum absolute atomic E-state index is 0.0586. The Bertz CT molecular complexity index is 489. The van der Waals surface area contributed by atoms with E-state index in [4.69, 9.17) is 0 Å². The van der Waals surface area contributed by atoms with E-state index in [2.05, 4.69) is 12.2 Å². The second-order valence-electron chi connectivity index (χ2n) is 6.35. The number of nitrogens with one attached hydrogen (secondary N) is 1. The van der Waals surface area contributed by atoms with E-state index in [0.29, 0.717) is 5.92 Å². The van der Waals surface area contributed by atoms with Gasteiger partial charge in [0.05, 0.1) is 11.5 Å². The van der Waals surface area contributed by atoms with Crippen LogP contribution in [-0.4, -0.2) is 22.2 Å². The minimum atomic E-state index is -0.389. The lowest BCUT2D eigenvalue weighted by Crippen LogP contribution is -2.52. The third-order valence-corrected chi connectivity index (χ3v) is 4.52. The molecule has 3 atom stereocenters. The van der Waals surface area contributed by atoms with Crippen LogP contribution in [0, 0.1) is 16.0 Å². The number of nitro groups is 1. The molecule has 1 aliphatic carbocycles. The van der Waals surface area contributed by atoms with Crippen LogP contribution < -0.4 is 5.32 Å². The van der Waals surface area contributed by atoms with Crippen LogP contribution >= 0.6 is 0 Å². The maximum atomic E-state index is 10.7. The number of hydrogen-bond acceptors (Lipinski definition) is 4. The van der Waals surface area contributed by atoms with Crippen molar-refractivity contribution in [1.29, 1.82) is 0 Å². The summed E-state index contributed by atoms with van der Waals surface area (Å²) >= 11 is 0. The zero-order valence-electron chi connectivity index (χ0n) is 12.7. The molecule has 2 N–H and O–H groups in total. The van der Waals surface area contributed by atoms with Crippen LogP contribution in [0.5, 0.6) is 0 Å². The minimum Gasteiger partial charge on any atom is -0.394 e. The molecule has 0 saturated heterocycles. The molecule has 5 heteroatoms. The van der Waals surface area contributed by atoms with Gasteiger partial charge in [0.1, 0.15) is 0 Å².